The maximum Gasteiger partial charge on any atom is 0.241 e. The third kappa shape index (κ3) is 4.77. The average Bonchev–Trinajstić information content (AvgIpc) is 2.25. The number of anilines is 1. The van der Waals surface area contributed by atoms with Crippen LogP contribution in [-0.2, 0) is 10.0 Å². The molecule has 0 saturated carbocycles. The second kappa shape index (κ2) is 7.06. The summed E-state index contributed by atoms with van der Waals surface area (Å²) in [6, 6.07) is 3.38. The van der Waals surface area contributed by atoms with Crippen LogP contribution in [-0.4, -0.2) is 40.5 Å². The first-order valence-corrected chi connectivity index (χ1v) is 8.23. The van der Waals surface area contributed by atoms with E-state index in [1.165, 1.54) is 0 Å². The monoisotopic (exact) mass is 299 g/mol. The first-order chi connectivity index (χ1) is 9.24. The van der Waals surface area contributed by atoms with Gasteiger partial charge in [0.2, 0.25) is 10.0 Å². The lowest BCUT2D eigenvalue weighted by Crippen LogP contribution is -2.27. The molecule has 0 aliphatic rings. The van der Waals surface area contributed by atoms with Crippen molar-refractivity contribution in [1.29, 1.82) is 0 Å². The van der Waals surface area contributed by atoms with Gasteiger partial charge >= 0.3 is 0 Å². The molecule has 0 fully saturated rings. The topological polar surface area (TPSA) is 75.4 Å². The first-order valence-electron chi connectivity index (χ1n) is 6.75. The number of hydrogen-bond donors (Lipinski definition) is 2. The van der Waals surface area contributed by atoms with Gasteiger partial charge in [0.1, 0.15) is 0 Å². The second-order valence-corrected chi connectivity index (χ2v) is 7.10. The number of nitrogen functional groups attached to an aromatic ring is 1. The number of unbranched alkanes of at least 4 members (excludes halogenated alkanes) is 1. The Morgan fingerprint density at radius 3 is 2.20 bits per heavy atom. The minimum atomic E-state index is -3.46. The van der Waals surface area contributed by atoms with Crippen LogP contribution < -0.4 is 10.5 Å². The predicted molar refractivity (Wildman–Crippen MR) is 83.3 cm³/mol. The third-order valence-electron chi connectivity index (χ3n) is 3.08. The number of sulfonamides is 1. The van der Waals surface area contributed by atoms with E-state index in [0.717, 1.165) is 19.4 Å². The van der Waals surface area contributed by atoms with Crippen molar-refractivity contribution in [1.82, 2.24) is 9.62 Å². The summed E-state index contributed by atoms with van der Waals surface area (Å²) in [5.41, 5.74) is 7.67. The molecule has 0 radical (unpaired) electrons. The van der Waals surface area contributed by atoms with Crippen molar-refractivity contribution in [2.75, 3.05) is 32.9 Å². The van der Waals surface area contributed by atoms with Gasteiger partial charge in [-0.2, -0.15) is 0 Å². The maximum absolute atomic E-state index is 12.3. The molecule has 1 rings (SSSR count). The Bertz CT molecular complexity index is 531. The molecular formula is C14H25N3O2S. The lowest BCUT2D eigenvalue weighted by Gasteiger charge is -2.13. The van der Waals surface area contributed by atoms with Crippen LogP contribution in [0.25, 0.3) is 0 Å². The zero-order chi connectivity index (χ0) is 15.3. The van der Waals surface area contributed by atoms with E-state index in [0.29, 0.717) is 28.3 Å². The summed E-state index contributed by atoms with van der Waals surface area (Å²) in [5.74, 6) is 0. The van der Waals surface area contributed by atoms with E-state index in [2.05, 4.69) is 9.62 Å². The molecule has 0 aliphatic heterocycles. The van der Waals surface area contributed by atoms with Gasteiger partial charge < -0.3 is 10.6 Å². The highest BCUT2D eigenvalue weighted by Crippen LogP contribution is 2.22. The van der Waals surface area contributed by atoms with E-state index < -0.39 is 10.0 Å². The van der Waals surface area contributed by atoms with Crippen molar-refractivity contribution >= 4 is 15.7 Å². The van der Waals surface area contributed by atoms with Gasteiger partial charge in [0.15, 0.2) is 0 Å². The average molecular weight is 299 g/mol. The largest absolute Gasteiger partial charge is 0.399 e. The fraction of sp³-hybridized carbons (Fsp3) is 0.571. The molecule has 1 aromatic rings. The van der Waals surface area contributed by atoms with Crippen molar-refractivity contribution in [2.24, 2.45) is 0 Å². The molecule has 0 unspecified atom stereocenters. The lowest BCUT2D eigenvalue weighted by molar-refractivity contribution is 0.394. The summed E-state index contributed by atoms with van der Waals surface area (Å²) in [6.07, 6.45) is 1.79. The third-order valence-corrected chi connectivity index (χ3v) is 4.84. The van der Waals surface area contributed by atoms with Gasteiger partial charge in [-0.25, -0.2) is 13.1 Å². The van der Waals surface area contributed by atoms with Crippen LogP contribution in [0.5, 0.6) is 0 Å². The molecule has 20 heavy (non-hydrogen) atoms. The van der Waals surface area contributed by atoms with Crippen molar-refractivity contribution in [3.05, 3.63) is 23.3 Å². The number of rotatable bonds is 7. The standard InChI is InChI=1S/C14H25N3O2S/c1-11-9-13(15)10-12(2)14(11)20(18,19)16-7-5-6-8-17(3)4/h9-10,16H,5-8,15H2,1-4H3. The number of aryl methyl sites for hydroxylation is 2. The first kappa shape index (κ1) is 16.9. The number of nitrogens with zero attached hydrogens (tertiary/aromatic N) is 1. The van der Waals surface area contributed by atoms with Crippen LogP contribution in [0.4, 0.5) is 5.69 Å². The molecule has 0 bridgehead atoms. The normalized spacial score (nSPS) is 12.1. The summed E-state index contributed by atoms with van der Waals surface area (Å²) >= 11 is 0. The van der Waals surface area contributed by atoms with E-state index in [4.69, 9.17) is 5.73 Å². The molecule has 5 nitrogen and oxygen atoms in total. The molecule has 0 aliphatic carbocycles. The van der Waals surface area contributed by atoms with Gasteiger partial charge in [0.05, 0.1) is 4.90 Å². The van der Waals surface area contributed by atoms with Gasteiger partial charge in [0, 0.05) is 12.2 Å². The minimum Gasteiger partial charge on any atom is -0.399 e. The van der Waals surface area contributed by atoms with Gasteiger partial charge in [-0.1, -0.05) is 0 Å². The summed E-state index contributed by atoms with van der Waals surface area (Å²) in [6.45, 7) is 4.95. The van der Waals surface area contributed by atoms with Crippen LogP contribution in [0.2, 0.25) is 0 Å². The molecule has 1 aromatic carbocycles. The summed E-state index contributed by atoms with van der Waals surface area (Å²) in [5, 5.41) is 0. The highest BCUT2D eigenvalue weighted by molar-refractivity contribution is 7.89. The van der Waals surface area contributed by atoms with E-state index >= 15 is 0 Å². The number of benzene rings is 1. The summed E-state index contributed by atoms with van der Waals surface area (Å²) < 4.78 is 27.3. The zero-order valence-corrected chi connectivity index (χ0v) is 13.5. The van der Waals surface area contributed by atoms with Crippen LogP contribution in [0, 0.1) is 13.8 Å². The predicted octanol–water partition coefficient (Wildman–Crippen LogP) is 1.51. The Morgan fingerprint density at radius 1 is 1.15 bits per heavy atom. The van der Waals surface area contributed by atoms with E-state index in [9.17, 15) is 8.42 Å². The fourth-order valence-electron chi connectivity index (χ4n) is 2.24. The number of nitrogens with one attached hydrogen (secondary N) is 1. The second-order valence-electron chi connectivity index (χ2n) is 5.39. The van der Waals surface area contributed by atoms with Gasteiger partial charge in [0.25, 0.3) is 0 Å². The highest BCUT2D eigenvalue weighted by atomic mass is 32.2. The van der Waals surface area contributed by atoms with Crippen molar-refractivity contribution in [2.45, 2.75) is 31.6 Å². The smallest absolute Gasteiger partial charge is 0.241 e. The molecule has 0 amide bonds. The molecule has 6 heteroatoms. The molecular weight excluding hydrogens is 274 g/mol. The molecule has 0 saturated heterocycles. The van der Waals surface area contributed by atoms with Gasteiger partial charge in [-0.3, -0.25) is 0 Å². The van der Waals surface area contributed by atoms with Crippen molar-refractivity contribution in [3.63, 3.8) is 0 Å². The quantitative estimate of drug-likeness (QED) is 0.591. The highest BCUT2D eigenvalue weighted by Gasteiger charge is 2.19. The van der Waals surface area contributed by atoms with Crippen LogP contribution in [0.1, 0.15) is 24.0 Å². The Morgan fingerprint density at radius 2 is 1.70 bits per heavy atom. The van der Waals surface area contributed by atoms with Crippen LogP contribution >= 0.6 is 0 Å². The SMILES string of the molecule is Cc1cc(N)cc(C)c1S(=O)(=O)NCCCCN(C)C. The molecule has 114 valence electrons. The molecule has 0 aromatic heterocycles. The number of hydrogen-bond acceptors (Lipinski definition) is 4. The Labute approximate surface area is 122 Å². The van der Waals surface area contributed by atoms with Gasteiger partial charge in [-0.05, 0) is 70.6 Å². The minimum absolute atomic E-state index is 0.347. The zero-order valence-electron chi connectivity index (χ0n) is 12.7. The van der Waals surface area contributed by atoms with E-state index in [1.807, 2.05) is 14.1 Å². The molecule has 0 atom stereocenters. The Hall–Kier alpha value is -1.11. The Kier molecular flexibility index (Phi) is 5.98. The van der Waals surface area contributed by atoms with Crippen molar-refractivity contribution in [3.8, 4) is 0 Å². The Balaban J connectivity index is 2.70. The van der Waals surface area contributed by atoms with E-state index in [1.54, 1.807) is 26.0 Å². The molecule has 0 heterocycles. The van der Waals surface area contributed by atoms with Crippen molar-refractivity contribution < 1.29 is 8.42 Å². The summed E-state index contributed by atoms with van der Waals surface area (Å²) in [4.78, 5) is 2.43. The fourth-order valence-corrected chi connectivity index (χ4v) is 3.76. The number of nitrogens with two attached hydrogens (primary N) is 1. The van der Waals surface area contributed by atoms with Gasteiger partial charge in [-0.15, -0.1) is 0 Å². The molecule has 3 N–H and O–H groups in total. The summed E-state index contributed by atoms with van der Waals surface area (Å²) in [7, 11) is 0.552. The van der Waals surface area contributed by atoms with E-state index in [-0.39, 0.29) is 0 Å². The van der Waals surface area contributed by atoms with Crippen LogP contribution in [0.15, 0.2) is 17.0 Å². The van der Waals surface area contributed by atoms with Crippen LogP contribution in [0.3, 0.4) is 0 Å². The lowest BCUT2D eigenvalue weighted by atomic mass is 10.1. The maximum atomic E-state index is 12.3. The molecule has 0 spiro atoms.